The van der Waals surface area contributed by atoms with Gasteiger partial charge in [0.25, 0.3) is 5.91 Å². The Hall–Kier alpha value is -2.14. The van der Waals surface area contributed by atoms with Crippen molar-refractivity contribution in [2.24, 2.45) is 0 Å². The van der Waals surface area contributed by atoms with Crippen molar-refractivity contribution in [3.8, 4) is 0 Å². The van der Waals surface area contributed by atoms with Crippen molar-refractivity contribution < 1.29 is 4.79 Å². The van der Waals surface area contributed by atoms with Crippen molar-refractivity contribution in [2.45, 2.75) is 45.2 Å². The van der Waals surface area contributed by atoms with Gasteiger partial charge in [0, 0.05) is 42.2 Å². The minimum atomic E-state index is -0.161. The minimum Gasteiger partial charge on any atom is -0.347 e. The van der Waals surface area contributed by atoms with Crippen molar-refractivity contribution >= 4 is 5.91 Å². The molecule has 0 spiro atoms. The van der Waals surface area contributed by atoms with Gasteiger partial charge in [-0.15, -0.1) is 0 Å². The van der Waals surface area contributed by atoms with Crippen LogP contribution in [0.2, 0.25) is 0 Å². The van der Waals surface area contributed by atoms with Gasteiger partial charge < -0.3 is 10.6 Å². The quantitative estimate of drug-likeness (QED) is 0.810. The van der Waals surface area contributed by atoms with Crippen molar-refractivity contribution in [2.75, 3.05) is 6.54 Å². The largest absolute Gasteiger partial charge is 0.347 e. The molecule has 1 aliphatic heterocycles. The zero-order valence-electron chi connectivity index (χ0n) is 13.9. The van der Waals surface area contributed by atoms with E-state index in [1.807, 2.05) is 25.1 Å². The summed E-state index contributed by atoms with van der Waals surface area (Å²) in [4.78, 5) is 12.6. The molecule has 3 rings (SSSR count). The van der Waals surface area contributed by atoms with Crippen molar-refractivity contribution in [3.63, 3.8) is 0 Å². The number of rotatable bonds is 4. The summed E-state index contributed by atoms with van der Waals surface area (Å²) in [6.45, 7) is 7.96. The van der Waals surface area contributed by atoms with E-state index in [1.54, 1.807) is 0 Å². The van der Waals surface area contributed by atoms with E-state index in [-0.39, 0.29) is 17.4 Å². The zero-order chi connectivity index (χ0) is 16.4. The highest BCUT2D eigenvalue weighted by Gasteiger charge is 2.31. The van der Waals surface area contributed by atoms with Crippen molar-refractivity contribution in [1.82, 2.24) is 20.8 Å². The number of amides is 1. The van der Waals surface area contributed by atoms with Crippen LogP contribution in [-0.2, 0) is 18.4 Å². The smallest absolute Gasteiger partial charge is 0.272 e. The predicted octanol–water partition coefficient (Wildman–Crippen LogP) is 2.15. The van der Waals surface area contributed by atoms with E-state index in [0.29, 0.717) is 12.2 Å². The molecule has 5 heteroatoms. The topological polar surface area (TPSA) is 69.8 Å². The van der Waals surface area contributed by atoms with Gasteiger partial charge in [0.15, 0.2) is 5.69 Å². The van der Waals surface area contributed by atoms with Gasteiger partial charge in [0.2, 0.25) is 0 Å². The Balaban J connectivity index is 1.76. The number of aromatic nitrogens is 2. The SMILES string of the molecule is CC(NC(=O)c1n[nH]c2c1CNCC2)C(C)(C)c1ccccc1. The molecule has 0 radical (unpaired) electrons. The second kappa shape index (κ2) is 6.16. The van der Waals surface area contributed by atoms with Crippen LogP contribution in [0.1, 0.15) is 48.1 Å². The Morgan fingerprint density at radius 2 is 2.04 bits per heavy atom. The van der Waals surface area contributed by atoms with Crippen LogP contribution in [0.25, 0.3) is 0 Å². The molecule has 0 aliphatic carbocycles. The summed E-state index contributed by atoms with van der Waals surface area (Å²) in [6, 6.07) is 10.3. The maximum atomic E-state index is 12.6. The van der Waals surface area contributed by atoms with Crippen LogP contribution in [0.3, 0.4) is 0 Å². The fraction of sp³-hybridized carbons (Fsp3) is 0.444. The Bertz CT molecular complexity index is 690. The Morgan fingerprint density at radius 1 is 1.30 bits per heavy atom. The monoisotopic (exact) mass is 312 g/mol. The standard InChI is InChI=1S/C18H24N4O/c1-12(18(2,3)13-7-5-4-6-8-13)20-17(23)16-14-11-19-10-9-15(14)21-22-16/h4-8,12,19H,9-11H2,1-3H3,(H,20,23)(H,21,22). The summed E-state index contributed by atoms with van der Waals surface area (Å²) in [5.74, 6) is -0.109. The summed E-state index contributed by atoms with van der Waals surface area (Å²) in [7, 11) is 0. The van der Waals surface area contributed by atoms with Crippen molar-refractivity contribution in [3.05, 3.63) is 52.8 Å². The molecule has 0 bridgehead atoms. The second-order valence-electron chi connectivity index (χ2n) is 6.74. The van der Waals surface area contributed by atoms with E-state index in [1.165, 1.54) is 5.56 Å². The van der Waals surface area contributed by atoms with Crippen LogP contribution in [0.4, 0.5) is 0 Å². The van der Waals surface area contributed by atoms with E-state index in [4.69, 9.17) is 0 Å². The molecule has 1 amide bonds. The first-order valence-corrected chi connectivity index (χ1v) is 8.13. The van der Waals surface area contributed by atoms with Crippen LogP contribution in [0.15, 0.2) is 30.3 Å². The highest BCUT2D eigenvalue weighted by atomic mass is 16.2. The molecule has 0 saturated carbocycles. The molecular formula is C18H24N4O. The van der Waals surface area contributed by atoms with E-state index in [2.05, 4.69) is 46.8 Å². The highest BCUT2D eigenvalue weighted by Crippen LogP contribution is 2.27. The molecule has 1 unspecified atom stereocenters. The lowest BCUT2D eigenvalue weighted by Crippen LogP contribution is -2.45. The molecule has 1 atom stereocenters. The number of carbonyl (C=O) groups is 1. The van der Waals surface area contributed by atoms with E-state index < -0.39 is 0 Å². The lowest BCUT2D eigenvalue weighted by Gasteiger charge is -2.33. The summed E-state index contributed by atoms with van der Waals surface area (Å²) >= 11 is 0. The second-order valence-corrected chi connectivity index (χ2v) is 6.74. The Morgan fingerprint density at radius 3 is 2.78 bits per heavy atom. The zero-order valence-corrected chi connectivity index (χ0v) is 13.9. The van der Waals surface area contributed by atoms with Gasteiger partial charge in [0.05, 0.1) is 0 Å². The molecule has 1 aromatic heterocycles. The molecule has 2 aromatic rings. The van der Waals surface area contributed by atoms with E-state index in [9.17, 15) is 4.79 Å². The third-order valence-electron chi connectivity index (χ3n) is 4.97. The molecule has 122 valence electrons. The first kappa shape index (κ1) is 15.7. The van der Waals surface area contributed by atoms with Crippen LogP contribution in [0.5, 0.6) is 0 Å². The van der Waals surface area contributed by atoms with Gasteiger partial charge in [-0.2, -0.15) is 5.10 Å². The van der Waals surface area contributed by atoms with Gasteiger partial charge in [-0.3, -0.25) is 9.89 Å². The number of H-pyrrole nitrogens is 1. The summed E-state index contributed by atoms with van der Waals surface area (Å²) in [6.07, 6.45) is 0.890. The average molecular weight is 312 g/mol. The molecule has 5 nitrogen and oxygen atoms in total. The maximum absolute atomic E-state index is 12.6. The first-order chi connectivity index (χ1) is 11.0. The first-order valence-electron chi connectivity index (χ1n) is 8.13. The molecule has 0 saturated heterocycles. The number of fused-ring (bicyclic) bond motifs is 1. The Labute approximate surface area is 136 Å². The summed E-state index contributed by atoms with van der Waals surface area (Å²) in [5, 5.41) is 13.6. The third kappa shape index (κ3) is 3.01. The summed E-state index contributed by atoms with van der Waals surface area (Å²) in [5.41, 5.74) is 3.63. The highest BCUT2D eigenvalue weighted by molar-refractivity contribution is 5.94. The molecule has 23 heavy (non-hydrogen) atoms. The average Bonchev–Trinajstić information content (AvgIpc) is 2.99. The molecule has 1 aromatic carbocycles. The van der Waals surface area contributed by atoms with E-state index in [0.717, 1.165) is 24.2 Å². The van der Waals surface area contributed by atoms with Crippen LogP contribution >= 0.6 is 0 Å². The molecule has 3 N–H and O–H groups in total. The van der Waals surface area contributed by atoms with E-state index >= 15 is 0 Å². The number of carbonyl (C=O) groups excluding carboxylic acids is 1. The number of hydrogen-bond donors (Lipinski definition) is 3. The lowest BCUT2D eigenvalue weighted by atomic mass is 9.78. The van der Waals surface area contributed by atoms with Crippen LogP contribution in [0, 0.1) is 0 Å². The molecule has 0 fully saturated rings. The van der Waals surface area contributed by atoms with Gasteiger partial charge in [0.1, 0.15) is 0 Å². The normalized spacial score (nSPS) is 15.8. The molecule has 1 aliphatic rings. The van der Waals surface area contributed by atoms with Crippen molar-refractivity contribution in [1.29, 1.82) is 0 Å². The summed E-state index contributed by atoms with van der Waals surface area (Å²) < 4.78 is 0. The number of nitrogens with zero attached hydrogens (tertiary/aromatic N) is 1. The van der Waals surface area contributed by atoms with Gasteiger partial charge in [-0.05, 0) is 12.5 Å². The van der Waals surface area contributed by atoms with Gasteiger partial charge in [-0.25, -0.2) is 0 Å². The molecule has 2 heterocycles. The number of benzene rings is 1. The predicted molar refractivity (Wildman–Crippen MR) is 90.4 cm³/mol. The van der Waals surface area contributed by atoms with Gasteiger partial charge >= 0.3 is 0 Å². The Kier molecular flexibility index (Phi) is 4.22. The maximum Gasteiger partial charge on any atom is 0.272 e. The number of hydrogen-bond acceptors (Lipinski definition) is 3. The fourth-order valence-corrected chi connectivity index (χ4v) is 2.98. The number of aromatic amines is 1. The minimum absolute atomic E-state index is 0.0127. The van der Waals surface area contributed by atoms with Crippen LogP contribution < -0.4 is 10.6 Å². The number of nitrogens with one attached hydrogen (secondary N) is 3. The third-order valence-corrected chi connectivity index (χ3v) is 4.97. The lowest BCUT2D eigenvalue weighted by molar-refractivity contribution is 0.0917. The van der Waals surface area contributed by atoms with Crippen LogP contribution in [-0.4, -0.2) is 28.7 Å². The fourth-order valence-electron chi connectivity index (χ4n) is 2.98. The molecular weight excluding hydrogens is 288 g/mol. The van der Waals surface area contributed by atoms with Gasteiger partial charge in [-0.1, -0.05) is 44.2 Å².